The average Bonchev–Trinajstić information content (AvgIpc) is 2.39. The molecule has 0 bridgehead atoms. The van der Waals surface area contributed by atoms with Gasteiger partial charge in [-0.2, -0.15) is 8.42 Å². The number of amides is 1. The first-order valence-electron chi connectivity index (χ1n) is 4.22. The summed E-state index contributed by atoms with van der Waals surface area (Å²) in [6.07, 6.45) is 0. The van der Waals surface area contributed by atoms with Crippen molar-refractivity contribution in [3.63, 3.8) is 0 Å². The van der Waals surface area contributed by atoms with Crippen LogP contribution in [0.5, 0.6) is 5.75 Å². The van der Waals surface area contributed by atoms with E-state index in [1.54, 1.807) is 4.72 Å². The summed E-state index contributed by atoms with van der Waals surface area (Å²) in [6.45, 7) is -0.545. The number of carbonyl (C=O) groups is 1. The second-order valence-corrected chi connectivity index (χ2v) is 4.74. The summed E-state index contributed by atoms with van der Waals surface area (Å²) in [7, 11) is -4.10. The Balaban J connectivity index is 2.58. The Morgan fingerprint density at radius 2 is 2.12 bits per heavy atom. The molecule has 1 saturated heterocycles. The van der Waals surface area contributed by atoms with Gasteiger partial charge in [-0.25, -0.2) is 13.4 Å². The summed E-state index contributed by atoms with van der Waals surface area (Å²) < 4.78 is 38.3. The van der Waals surface area contributed by atoms with Gasteiger partial charge in [0.05, 0.1) is 0 Å². The first-order chi connectivity index (χ1) is 7.42. The Labute approximate surface area is 90.5 Å². The summed E-state index contributed by atoms with van der Waals surface area (Å²) in [5.74, 6) is -2.23. The Bertz CT molecular complexity index is 537. The van der Waals surface area contributed by atoms with Gasteiger partial charge in [0, 0.05) is 0 Å². The highest BCUT2D eigenvalue weighted by Crippen LogP contribution is 2.32. The highest BCUT2D eigenvalue weighted by Gasteiger charge is 2.36. The van der Waals surface area contributed by atoms with Gasteiger partial charge in [-0.15, -0.1) is 0 Å². The summed E-state index contributed by atoms with van der Waals surface area (Å²) >= 11 is 0. The van der Waals surface area contributed by atoms with Crippen molar-refractivity contribution in [3.05, 3.63) is 24.0 Å². The number of hydrogen-bond donors (Lipinski definition) is 2. The molecular formula is C8H7FN2O4S. The van der Waals surface area contributed by atoms with Gasteiger partial charge in [0.2, 0.25) is 0 Å². The predicted molar refractivity (Wildman–Crippen MR) is 52.5 cm³/mol. The maximum absolute atomic E-state index is 13.4. The van der Waals surface area contributed by atoms with Crippen molar-refractivity contribution in [1.29, 1.82) is 0 Å². The molecule has 1 aromatic rings. The average molecular weight is 246 g/mol. The second-order valence-electron chi connectivity index (χ2n) is 3.14. The summed E-state index contributed by atoms with van der Waals surface area (Å²) in [4.78, 5) is 10.9. The van der Waals surface area contributed by atoms with E-state index in [0.717, 1.165) is 12.1 Å². The molecule has 16 heavy (non-hydrogen) atoms. The minimum absolute atomic E-state index is 0.486. The molecule has 1 amide bonds. The fourth-order valence-electron chi connectivity index (χ4n) is 1.40. The number of para-hydroxylation sites is 1. The van der Waals surface area contributed by atoms with E-state index in [1.807, 2.05) is 0 Å². The normalized spacial score (nSPS) is 18.6. The SMILES string of the molecule is O=C1CN(c2c(O)cccc2F)S(=O)(=O)N1. The molecular weight excluding hydrogens is 239 g/mol. The van der Waals surface area contributed by atoms with Crippen molar-refractivity contribution in [1.82, 2.24) is 4.72 Å². The Morgan fingerprint density at radius 3 is 2.62 bits per heavy atom. The number of rotatable bonds is 1. The molecule has 1 aromatic carbocycles. The number of nitrogens with one attached hydrogen (secondary N) is 1. The molecule has 2 N–H and O–H groups in total. The molecule has 2 rings (SSSR count). The maximum Gasteiger partial charge on any atom is 0.326 e. The third-order valence-corrected chi connectivity index (χ3v) is 3.41. The third kappa shape index (κ3) is 1.56. The largest absolute Gasteiger partial charge is 0.506 e. The van der Waals surface area contributed by atoms with E-state index < -0.39 is 39.9 Å². The molecule has 8 heteroatoms. The highest BCUT2D eigenvalue weighted by molar-refractivity contribution is 7.92. The smallest absolute Gasteiger partial charge is 0.326 e. The van der Waals surface area contributed by atoms with Crippen LogP contribution in [0.3, 0.4) is 0 Å². The molecule has 1 fully saturated rings. The quantitative estimate of drug-likeness (QED) is 0.713. The van der Waals surface area contributed by atoms with E-state index in [1.165, 1.54) is 6.07 Å². The number of phenols is 1. The van der Waals surface area contributed by atoms with E-state index in [4.69, 9.17) is 0 Å². The lowest BCUT2D eigenvalue weighted by atomic mass is 10.3. The van der Waals surface area contributed by atoms with Crippen molar-refractivity contribution in [3.8, 4) is 5.75 Å². The molecule has 86 valence electrons. The van der Waals surface area contributed by atoms with Crippen molar-refractivity contribution in [2.75, 3.05) is 10.8 Å². The number of carbonyl (C=O) groups excluding carboxylic acids is 1. The second kappa shape index (κ2) is 3.34. The van der Waals surface area contributed by atoms with E-state index in [0.29, 0.717) is 4.31 Å². The number of benzene rings is 1. The standard InChI is InChI=1S/C8H7FN2O4S/c9-5-2-1-3-6(12)8(5)11-4-7(13)10-16(11,14)15/h1-3,12H,4H2,(H,10,13). The van der Waals surface area contributed by atoms with Gasteiger partial charge in [-0.3, -0.25) is 4.79 Å². The van der Waals surface area contributed by atoms with Crippen LogP contribution in [0.4, 0.5) is 10.1 Å². The number of hydrogen-bond acceptors (Lipinski definition) is 4. The predicted octanol–water partition coefficient (Wildman–Crippen LogP) is -0.288. The van der Waals surface area contributed by atoms with Crippen molar-refractivity contribution < 1.29 is 22.7 Å². The molecule has 1 aliphatic heterocycles. The van der Waals surface area contributed by atoms with Crippen molar-refractivity contribution in [2.24, 2.45) is 0 Å². The molecule has 0 aromatic heterocycles. The molecule has 0 unspecified atom stereocenters. The van der Waals surface area contributed by atoms with E-state index >= 15 is 0 Å². The minimum Gasteiger partial charge on any atom is -0.506 e. The summed E-state index contributed by atoms with van der Waals surface area (Å²) in [6, 6.07) is 3.36. The molecule has 6 nitrogen and oxygen atoms in total. The molecule has 0 atom stereocenters. The molecule has 1 aliphatic rings. The van der Waals surface area contributed by atoms with Crippen LogP contribution < -0.4 is 9.03 Å². The fourth-order valence-corrected chi connectivity index (χ4v) is 2.57. The van der Waals surface area contributed by atoms with Crippen LogP contribution in [-0.2, 0) is 15.0 Å². The molecule has 0 radical (unpaired) electrons. The van der Waals surface area contributed by atoms with Crippen LogP contribution in [0.25, 0.3) is 0 Å². The zero-order valence-corrected chi connectivity index (χ0v) is 8.66. The van der Waals surface area contributed by atoms with E-state index in [2.05, 4.69) is 0 Å². The van der Waals surface area contributed by atoms with Gasteiger partial charge >= 0.3 is 10.2 Å². The van der Waals surface area contributed by atoms with E-state index in [-0.39, 0.29) is 0 Å². The van der Waals surface area contributed by atoms with Crippen molar-refractivity contribution >= 4 is 21.8 Å². The molecule has 1 heterocycles. The topological polar surface area (TPSA) is 86.7 Å². The number of nitrogens with zero attached hydrogens (tertiary/aromatic N) is 1. The first-order valence-corrected chi connectivity index (χ1v) is 5.66. The lowest BCUT2D eigenvalue weighted by Crippen LogP contribution is -2.30. The lowest BCUT2D eigenvalue weighted by Gasteiger charge is -2.16. The summed E-state index contributed by atoms with van der Waals surface area (Å²) in [5.41, 5.74) is -0.527. The third-order valence-electron chi connectivity index (χ3n) is 2.04. The zero-order chi connectivity index (χ0) is 11.9. The fraction of sp³-hybridized carbons (Fsp3) is 0.125. The Hall–Kier alpha value is -1.83. The Kier molecular flexibility index (Phi) is 2.23. The number of halogens is 1. The maximum atomic E-state index is 13.4. The van der Waals surface area contributed by atoms with Gasteiger partial charge in [0.1, 0.15) is 18.0 Å². The number of aromatic hydroxyl groups is 1. The minimum atomic E-state index is -4.10. The van der Waals surface area contributed by atoms with Gasteiger partial charge in [-0.1, -0.05) is 6.07 Å². The Morgan fingerprint density at radius 1 is 1.44 bits per heavy atom. The van der Waals surface area contributed by atoms with E-state index in [9.17, 15) is 22.7 Å². The van der Waals surface area contributed by atoms with Crippen LogP contribution in [0.15, 0.2) is 18.2 Å². The highest BCUT2D eigenvalue weighted by atomic mass is 32.2. The number of anilines is 1. The lowest BCUT2D eigenvalue weighted by molar-refractivity contribution is -0.117. The first kappa shape index (κ1) is 10.7. The monoisotopic (exact) mass is 246 g/mol. The summed E-state index contributed by atoms with van der Waals surface area (Å²) in [5, 5.41) is 9.39. The van der Waals surface area contributed by atoms with Crippen LogP contribution >= 0.6 is 0 Å². The van der Waals surface area contributed by atoms with Gasteiger partial charge in [-0.05, 0) is 12.1 Å². The molecule has 0 saturated carbocycles. The van der Waals surface area contributed by atoms with Crippen LogP contribution in [0.1, 0.15) is 0 Å². The van der Waals surface area contributed by atoms with Gasteiger partial charge in [0.15, 0.2) is 5.82 Å². The molecule has 0 aliphatic carbocycles. The van der Waals surface area contributed by atoms with Gasteiger partial charge in [0.25, 0.3) is 5.91 Å². The van der Waals surface area contributed by atoms with Gasteiger partial charge < -0.3 is 5.11 Å². The van der Waals surface area contributed by atoms with Crippen molar-refractivity contribution in [2.45, 2.75) is 0 Å². The zero-order valence-electron chi connectivity index (χ0n) is 7.84. The van der Waals surface area contributed by atoms with Crippen LogP contribution in [-0.4, -0.2) is 26.0 Å². The van der Waals surface area contributed by atoms with Crippen LogP contribution in [0.2, 0.25) is 0 Å². The van der Waals surface area contributed by atoms with Crippen LogP contribution in [0, 0.1) is 5.82 Å². The molecule has 0 spiro atoms. The number of phenolic OH excluding ortho intramolecular Hbond substituents is 1.